The third kappa shape index (κ3) is 3.47. The van der Waals surface area contributed by atoms with E-state index in [0.29, 0.717) is 27.3 Å². The number of aryl methyl sites for hydroxylation is 1. The average molecular weight is 391 g/mol. The molecule has 7 nitrogen and oxygen atoms in total. The van der Waals surface area contributed by atoms with Crippen LogP contribution in [0.25, 0.3) is 10.9 Å². The number of pyridine rings is 2. The minimum Gasteiger partial charge on any atom is -0.365 e. The minimum atomic E-state index is -3.52. The highest BCUT2D eigenvalue weighted by Crippen LogP contribution is 2.33. The predicted octanol–water partition coefficient (Wildman–Crippen LogP) is 2.84. The number of benzene rings is 1. The van der Waals surface area contributed by atoms with Crippen LogP contribution in [0.3, 0.4) is 0 Å². The summed E-state index contributed by atoms with van der Waals surface area (Å²) in [6, 6.07) is 4.90. The van der Waals surface area contributed by atoms with E-state index in [9.17, 15) is 13.2 Å². The number of carbonyl (C=O) groups is 1. The van der Waals surface area contributed by atoms with Crippen molar-refractivity contribution in [2.24, 2.45) is 5.73 Å². The second kappa shape index (κ2) is 6.54. The molecule has 1 amide bonds. The van der Waals surface area contributed by atoms with E-state index in [1.54, 1.807) is 25.1 Å². The molecule has 2 aromatic heterocycles. The predicted molar refractivity (Wildman–Crippen MR) is 101 cm³/mol. The third-order valence-electron chi connectivity index (χ3n) is 3.72. The van der Waals surface area contributed by atoms with Crippen LogP contribution in [0.5, 0.6) is 0 Å². The lowest BCUT2D eigenvalue weighted by molar-refractivity contribution is 0.100. The van der Waals surface area contributed by atoms with E-state index in [1.807, 2.05) is 0 Å². The number of halogens is 1. The second-order valence-corrected chi connectivity index (χ2v) is 8.28. The number of primary amides is 1. The standard InChI is InChI=1S/C17H15ClN4O3S/c1-9-3-12-15(22-11-5-10(18)6-20-7-11)13(17(19)23)8-21-16(12)14(4-9)26(2,24)25/h3-8H,1-2H3,(H2,19,23)(H,21,22). The molecule has 0 saturated heterocycles. The first-order chi connectivity index (χ1) is 12.2. The molecule has 2 heterocycles. The molecular formula is C17H15ClN4O3S. The highest BCUT2D eigenvalue weighted by molar-refractivity contribution is 7.91. The highest BCUT2D eigenvalue weighted by atomic mass is 35.5. The molecule has 0 fully saturated rings. The van der Waals surface area contributed by atoms with E-state index in [2.05, 4.69) is 15.3 Å². The molecule has 0 atom stereocenters. The van der Waals surface area contributed by atoms with Gasteiger partial charge in [-0.3, -0.25) is 14.8 Å². The van der Waals surface area contributed by atoms with Crippen molar-refractivity contribution in [1.29, 1.82) is 0 Å². The fourth-order valence-corrected chi connectivity index (χ4v) is 3.72. The molecule has 1 aromatic carbocycles. The number of nitrogens with two attached hydrogens (primary N) is 1. The lowest BCUT2D eigenvalue weighted by Crippen LogP contribution is -2.15. The van der Waals surface area contributed by atoms with Gasteiger partial charge in [0, 0.05) is 24.0 Å². The molecule has 0 radical (unpaired) electrons. The van der Waals surface area contributed by atoms with Gasteiger partial charge in [0.15, 0.2) is 9.84 Å². The summed E-state index contributed by atoms with van der Waals surface area (Å²) in [4.78, 5) is 20.1. The molecule has 0 bridgehead atoms. The Morgan fingerprint density at radius 2 is 1.92 bits per heavy atom. The molecule has 0 spiro atoms. The number of hydrogen-bond acceptors (Lipinski definition) is 6. The van der Waals surface area contributed by atoms with Crippen molar-refractivity contribution in [3.8, 4) is 0 Å². The Hall–Kier alpha value is -2.71. The maximum atomic E-state index is 12.2. The monoisotopic (exact) mass is 390 g/mol. The van der Waals surface area contributed by atoms with Gasteiger partial charge in [-0.15, -0.1) is 0 Å². The van der Waals surface area contributed by atoms with Crippen LogP contribution >= 0.6 is 11.6 Å². The number of sulfone groups is 1. The summed E-state index contributed by atoms with van der Waals surface area (Å²) in [5.74, 6) is -0.695. The summed E-state index contributed by atoms with van der Waals surface area (Å²) in [6.07, 6.45) is 5.36. The van der Waals surface area contributed by atoms with Crippen molar-refractivity contribution >= 4 is 49.6 Å². The smallest absolute Gasteiger partial charge is 0.252 e. The highest BCUT2D eigenvalue weighted by Gasteiger charge is 2.20. The van der Waals surface area contributed by atoms with Gasteiger partial charge in [0.05, 0.1) is 38.6 Å². The SMILES string of the molecule is Cc1cc(S(C)(=O)=O)c2ncc(C(N)=O)c(Nc3cncc(Cl)c3)c2c1. The van der Waals surface area contributed by atoms with Crippen molar-refractivity contribution < 1.29 is 13.2 Å². The number of amides is 1. The number of rotatable bonds is 4. The number of nitrogens with one attached hydrogen (secondary N) is 1. The van der Waals surface area contributed by atoms with E-state index in [1.165, 1.54) is 18.6 Å². The summed E-state index contributed by atoms with van der Waals surface area (Å²) < 4.78 is 24.3. The Bertz CT molecular complexity index is 1150. The Kier molecular flexibility index (Phi) is 4.55. The van der Waals surface area contributed by atoms with Gasteiger partial charge >= 0.3 is 0 Å². The maximum Gasteiger partial charge on any atom is 0.252 e. The van der Waals surface area contributed by atoms with Crippen LogP contribution in [0.2, 0.25) is 5.02 Å². The van der Waals surface area contributed by atoms with Crippen LogP contribution in [0.4, 0.5) is 11.4 Å². The first-order valence-electron chi connectivity index (χ1n) is 7.47. The second-order valence-electron chi connectivity index (χ2n) is 5.86. The first-order valence-corrected chi connectivity index (χ1v) is 9.74. The van der Waals surface area contributed by atoms with E-state index in [0.717, 1.165) is 6.26 Å². The molecule has 0 aliphatic heterocycles. The van der Waals surface area contributed by atoms with Crippen molar-refractivity contribution in [2.45, 2.75) is 11.8 Å². The summed E-state index contributed by atoms with van der Waals surface area (Å²) in [5, 5.41) is 3.93. The van der Waals surface area contributed by atoms with E-state index in [-0.39, 0.29) is 16.0 Å². The van der Waals surface area contributed by atoms with Crippen LogP contribution in [-0.4, -0.2) is 30.5 Å². The minimum absolute atomic E-state index is 0.0794. The molecule has 0 saturated carbocycles. The van der Waals surface area contributed by atoms with Gasteiger partial charge in [-0.2, -0.15) is 0 Å². The Labute approximate surface area is 155 Å². The molecule has 3 N–H and O–H groups in total. The van der Waals surface area contributed by atoms with Crippen molar-refractivity contribution in [1.82, 2.24) is 9.97 Å². The zero-order valence-corrected chi connectivity index (χ0v) is 15.5. The normalized spacial score (nSPS) is 11.5. The molecule has 3 aromatic rings. The van der Waals surface area contributed by atoms with Gasteiger partial charge < -0.3 is 11.1 Å². The number of carbonyl (C=O) groups excluding carboxylic acids is 1. The third-order valence-corrected chi connectivity index (χ3v) is 5.04. The van der Waals surface area contributed by atoms with Crippen LogP contribution in [0, 0.1) is 6.92 Å². The van der Waals surface area contributed by atoms with Crippen molar-refractivity contribution in [3.63, 3.8) is 0 Å². The van der Waals surface area contributed by atoms with E-state index in [4.69, 9.17) is 17.3 Å². The van der Waals surface area contributed by atoms with Crippen LogP contribution in [-0.2, 0) is 9.84 Å². The van der Waals surface area contributed by atoms with Gasteiger partial charge in [0.1, 0.15) is 0 Å². The van der Waals surface area contributed by atoms with Crippen LogP contribution in [0.1, 0.15) is 15.9 Å². The van der Waals surface area contributed by atoms with Gasteiger partial charge in [-0.25, -0.2) is 8.42 Å². The number of anilines is 2. The molecule has 0 aliphatic carbocycles. The quantitative estimate of drug-likeness (QED) is 0.707. The number of nitrogens with zero attached hydrogens (tertiary/aromatic N) is 2. The molecule has 26 heavy (non-hydrogen) atoms. The first kappa shape index (κ1) is 18.1. The fourth-order valence-electron chi connectivity index (χ4n) is 2.64. The summed E-state index contributed by atoms with van der Waals surface area (Å²) >= 11 is 5.96. The Balaban J connectivity index is 2.36. The summed E-state index contributed by atoms with van der Waals surface area (Å²) in [7, 11) is -3.52. The summed E-state index contributed by atoms with van der Waals surface area (Å²) in [5.41, 5.74) is 7.42. The Morgan fingerprint density at radius 3 is 2.54 bits per heavy atom. The largest absolute Gasteiger partial charge is 0.365 e. The van der Waals surface area contributed by atoms with E-state index < -0.39 is 15.7 Å². The van der Waals surface area contributed by atoms with Gasteiger partial charge in [-0.1, -0.05) is 11.6 Å². The van der Waals surface area contributed by atoms with Gasteiger partial charge in [-0.05, 0) is 30.7 Å². The molecule has 9 heteroatoms. The maximum absolute atomic E-state index is 12.2. The molecule has 0 aliphatic rings. The van der Waals surface area contributed by atoms with E-state index >= 15 is 0 Å². The Morgan fingerprint density at radius 1 is 1.19 bits per heavy atom. The van der Waals surface area contributed by atoms with Crippen molar-refractivity contribution in [2.75, 3.05) is 11.6 Å². The molecular weight excluding hydrogens is 376 g/mol. The number of hydrogen-bond donors (Lipinski definition) is 2. The van der Waals surface area contributed by atoms with Crippen molar-refractivity contribution in [3.05, 3.63) is 52.9 Å². The number of aromatic nitrogens is 2. The fraction of sp³-hybridized carbons (Fsp3) is 0.118. The summed E-state index contributed by atoms with van der Waals surface area (Å²) in [6.45, 7) is 1.76. The van der Waals surface area contributed by atoms with Gasteiger partial charge in [0.25, 0.3) is 5.91 Å². The molecule has 0 unspecified atom stereocenters. The van der Waals surface area contributed by atoms with Gasteiger partial charge in [0.2, 0.25) is 0 Å². The lowest BCUT2D eigenvalue weighted by atomic mass is 10.1. The molecule has 134 valence electrons. The van der Waals surface area contributed by atoms with Crippen LogP contribution in [0.15, 0.2) is 41.7 Å². The van der Waals surface area contributed by atoms with Crippen LogP contribution < -0.4 is 11.1 Å². The molecule has 3 rings (SSSR count). The zero-order valence-electron chi connectivity index (χ0n) is 13.9. The topological polar surface area (TPSA) is 115 Å². The number of fused-ring (bicyclic) bond motifs is 1. The average Bonchev–Trinajstić information content (AvgIpc) is 2.53. The zero-order chi connectivity index (χ0) is 19.1. The lowest BCUT2D eigenvalue weighted by Gasteiger charge is -2.15.